The molecule has 4 nitrogen and oxygen atoms in total. The van der Waals surface area contributed by atoms with Crippen LogP contribution in [-0.4, -0.2) is 22.3 Å². The smallest absolute Gasteiger partial charge is 0.335 e. The largest absolute Gasteiger partial charge is 0.478 e. The molecule has 2 rings (SSSR count). The highest BCUT2D eigenvalue weighted by molar-refractivity contribution is 6.02. The monoisotopic (exact) mass is 203 g/mol. The molecule has 76 valence electrons. The Bertz CT molecular complexity index is 554. The molecule has 1 heterocycles. The maximum atomic E-state index is 10.9. The highest BCUT2D eigenvalue weighted by atomic mass is 16.4. The molecule has 0 bridgehead atoms. The summed E-state index contributed by atoms with van der Waals surface area (Å²) in [7, 11) is 0. The lowest BCUT2D eigenvalue weighted by atomic mass is 10.0. The third kappa shape index (κ3) is 1.40. The standard InChI is InChI=1S/C11H9NO3/c1-6-2-10-9(3-8(6)11(14)15)7(5-13)4-12-10/h2-5,12H,1H3,(H,14,15). The third-order valence-electron chi connectivity index (χ3n) is 2.42. The van der Waals surface area contributed by atoms with E-state index < -0.39 is 5.97 Å². The first-order valence-electron chi connectivity index (χ1n) is 4.43. The Morgan fingerprint density at radius 1 is 1.47 bits per heavy atom. The molecule has 4 heteroatoms. The summed E-state index contributed by atoms with van der Waals surface area (Å²) < 4.78 is 0. The van der Waals surface area contributed by atoms with Crippen LogP contribution in [0, 0.1) is 6.92 Å². The topological polar surface area (TPSA) is 70.2 Å². The first kappa shape index (κ1) is 9.45. The van der Waals surface area contributed by atoms with E-state index in [1.54, 1.807) is 19.2 Å². The summed E-state index contributed by atoms with van der Waals surface area (Å²) in [6, 6.07) is 3.25. The molecule has 0 aliphatic carbocycles. The van der Waals surface area contributed by atoms with Gasteiger partial charge >= 0.3 is 5.97 Å². The molecular formula is C11H9NO3. The molecule has 1 aromatic heterocycles. The van der Waals surface area contributed by atoms with Crippen molar-refractivity contribution in [1.82, 2.24) is 4.98 Å². The van der Waals surface area contributed by atoms with Crippen LogP contribution in [0.3, 0.4) is 0 Å². The van der Waals surface area contributed by atoms with Crippen LogP contribution in [0.1, 0.15) is 26.3 Å². The predicted molar refractivity (Wildman–Crippen MR) is 55.4 cm³/mol. The molecule has 0 spiro atoms. The van der Waals surface area contributed by atoms with Crippen molar-refractivity contribution in [3.63, 3.8) is 0 Å². The van der Waals surface area contributed by atoms with E-state index in [4.69, 9.17) is 5.11 Å². The molecule has 0 aliphatic rings. The lowest BCUT2D eigenvalue weighted by Gasteiger charge is -2.00. The first-order chi connectivity index (χ1) is 7.13. The van der Waals surface area contributed by atoms with E-state index in [0.29, 0.717) is 22.8 Å². The number of carboxylic acid groups (broad SMARTS) is 1. The number of H-pyrrole nitrogens is 1. The molecule has 0 aliphatic heterocycles. The van der Waals surface area contributed by atoms with Gasteiger partial charge in [0.1, 0.15) is 0 Å². The van der Waals surface area contributed by atoms with Crippen molar-refractivity contribution in [1.29, 1.82) is 0 Å². The number of nitrogens with one attached hydrogen (secondary N) is 1. The summed E-state index contributed by atoms with van der Waals surface area (Å²) in [4.78, 5) is 24.5. The predicted octanol–water partition coefficient (Wildman–Crippen LogP) is 1.99. The van der Waals surface area contributed by atoms with Gasteiger partial charge in [0.15, 0.2) is 6.29 Å². The highest BCUT2D eigenvalue weighted by Gasteiger charge is 2.11. The lowest BCUT2D eigenvalue weighted by Crippen LogP contribution is -1.99. The van der Waals surface area contributed by atoms with Crippen molar-refractivity contribution < 1.29 is 14.7 Å². The van der Waals surface area contributed by atoms with Crippen LogP contribution in [-0.2, 0) is 0 Å². The van der Waals surface area contributed by atoms with Crippen LogP contribution >= 0.6 is 0 Å². The number of aryl methyl sites for hydroxylation is 1. The van der Waals surface area contributed by atoms with Crippen LogP contribution in [0.15, 0.2) is 18.3 Å². The second kappa shape index (κ2) is 3.24. The number of hydrogen-bond donors (Lipinski definition) is 2. The number of aldehydes is 1. The van der Waals surface area contributed by atoms with E-state index in [9.17, 15) is 9.59 Å². The molecule has 0 saturated heterocycles. The summed E-state index contributed by atoms with van der Waals surface area (Å²) in [5.74, 6) is -0.979. The Morgan fingerprint density at radius 3 is 2.80 bits per heavy atom. The van der Waals surface area contributed by atoms with Gasteiger partial charge in [-0.05, 0) is 24.6 Å². The molecule has 2 N–H and O–H groups in total. The van der Waals surface area contributed by atoms with Crippen LogP contribution in [0.4, 0.5) is 0 Å². The van der Waals surface area contributed by atoms with Gasteiger partial charge in [0, 0.05) is 22.7 Å². The zero-order valence-electron chi connectivity index (χ0n) is 8.07. The molecule has 0 radical (unpaired) electrons. The summed E-state index contributed by atoms with van der Waals surface area (Å²) >= 11 is 0. The molecule has 15 heavy (non-hydrogen) atoms. The number of hydrogen-bond acceptors (Lipinski definition) is 2. The Balaban J connectivity index is 2.80. The highest BCUT2D eigenvalue weighted by Crippen LogP contribution is 2.21. The number of carboxylic acids is 1. The van der Waals surface area contributed by atoms with Crippen molar-refractivity contribution in [2.24, 2.45) is 0 Å². The Hall–Kier alpha value is -2.10. The van der Waals surface area contributed by atoms with Gasteiger partial charge in [-0.1, -0.05) is 0 Å². The van der Waals surface area contributed by atoms with Crippen LogP contribution < -0.4 is 0 Å². The van der Waals surface area contributed by atoms with Gasteiger partial charge in [0.25, 0.3) is 0 Å². The lowest BCUT2D eigenvalue weighted by molar-refractivity contribution is 0.0696. The van der Waals surface area contributed by atoms with Gasteiger partial charge in [-0.3, -0.25) is 4.79 Å². The first-order valence-corrected chi connectivity index (χ1v) is 4.43. The molecule has 0 saturated carbocycles. The zero-order valence-corrected chi connectivity index (χ0v) is 8.07. The van der Waals surface area contributed by atoms with E-state index in [0.717, 1.165) is 5.52 Å². The number of rotatable bonds is 2. The maximum Gasteiger partial charge on any atom is 0.335 e. The Morgan fingerprint density at radius 2 is 2.20 bits per heavy atom. The summed E-state index contributed by atoms with van der Waals surface area (Å²) in [5, 5.41) is 9.57. The number of fused-ring (bicyclic) bond motifs is 1. The van der Waals surface area contributed by atoms with Crippen molar-refractivity contribution in [2.75, 3.05) is 0 Å². The number of aromatic carboxylic acids is 1. The van der Waals surface area contributed by atoms with Crippen molar-refractivity contribution in [3.8, 4) is 0 Å². The average molecular weight is 203 g/mol. The quantitative estimate of drug-likeness (QED) is 0.733. The number of carbonyl (C=O) groups excluding carboxylic acids is 1. The third-order valence-corrected chi connectivity index (χ3v) is 2.42. The van der Waals surface area contributed by atoms with Crippen molar-refractivity contribution >= 4 is 23.2 Å². The van der Waals surface area contributed by atoms with Gasteiger partial charge in [-0.15, -0.1) is 0 Å². The number of aromatic nitrogens is 1. The zero-order chi connectivity index (χ0) is 11.0. The summed E-state index contributed by atoms with van der Waals surface area (Å²) in [6.07, 6.45) is 2.28. The molecule has 0 atom stereocenters. The molecule has 0 amide bonds. The van der Waals surface area contributed by atoms with E-state index in [1.807, 2.05) is 0 Å². The molecule has 0 unspecified atom stereocenters. The second-order valence-electron chi connectivity index (χ2n) is 3.38. The van der Waals surface area contributed by atoms with E-state index in [2.05, 4.69) is 4.98 Å². The minimum atomic E-state index is -0.979. The van der Waals surface area contributed by atoms with Gasteiger partial charge < -0.3 is 10.1 Å². The van der Waals surface area contributed by atoms with Gasteiger partial charge in [0.2, 0.25) is 0 Å². The van der Waals surface area contributed by atoms with Crippen LogP contribution in [0.5, 0.6) is 0 Å². The second-order valence-corrected chi connectivity index (χ2v) is 3.38. The molecule has 0 fully saturated rings. The molecule has 2 aromatic rings. The van der Waals surface area contributed by atoms with Crippen molar-refractivity contribution in [2.45, 2.75) is 6.92 Å². The maximum absolute atomic E-state index is 10.9. The number of benzene rings is 1. The fraction of sp³-hybridized carbons (Fsp3) is 0.0909. The van der Waals surface area contributed by atoms with Gasteiger partial charge in [-0.2, -0.15) is 0 Å². The fourth-order valence-electron chi connectivity index (χ4n) is 1.63. The molecular weight excluding hydrogens is 194 g/mol. The van der Waals surface area contributed by atoms with E-state index in [1.165, 1.54) is 6.07 Å². The number of carbonyl (C=O) groups is 2. The van der Waals surface area contributed by atoms with Gasteiger partial charge in [0.05, 0.1) is 5.56 Å². The minimum absolute atomic E-state index is 0.227. The Kier molecular flexibility index (Phi) is 2.04. The van der Waals surface area contributed by atoms with E-state index in [-0.39, 0.29) is 5.56 Å². The molecule has 1 aromatic carbocycles. The van der Waals surface area contributed by atoms with Gasteiger partial charge in [-0.25, -0.2) is 4.79 Å². The number of aromatic amines is 1. The van der Waals surface area contributed by atoms with E-state index >= 15 is 0 Å². The van der Waals surface area contributed by atoms with Crippen LogP contribution in [0.2, 0.25) is 0 Å². The van der Waals surface area contributed by atoms with Crippen molar-refractivity contribution in [3.05, 3.63) is 35.0 Å². The fourth-order valence-corrected chi connectivity index (χ4v) is 1.63. The Labute approximate surface area is 85.5 Å². The SMILES string of the molecule is Cc1cc2[nH]cc(C=O)c2cc1C(=O)O. The normalized spacial score (nSPS) is 10.5. The minimum Gasteiger partial charge on any atom is -0.478 e. The summed E-state index contributed by atoms with van der Waals surface area (Å²) in [6.45, 7) is 1.73. The average Bonchev–Trinajstić information content (AvgIpc) is 2.58. The summed E-state index contributed by atoms with van der Waals surface area (Å²) in [5.41, 5.74) is 2.16. The van der Waals surface area contributed by atoms with Crippen LogP contribution in [0.25, 0.3) is 10.9 Å².